The van der Waals surface area contributed by atoms with Crippen LogP contribution in [0.5, 0.6) is 0 Å². The summed E-state index contributed by atoms with van der Waals surface area (Å²) in [6.07, 6.45) is 0.929. The fourth-order valence-electron chi connectivity index (χ4n) is 1.43. The first-order valence-electron chi connectivity index (χ1n) is 5.16. The van der Waals surface area contributed by atoms with Crippen molar-refractivity contribution in [2.24, 2.45) is 0 Å². The maximum absolute atomic E-state index is 11.5. The molecule has 1 aromatic carbocycles. The SMILES string of the molecule is CCc1ccccc1NC(=O)CN(C)C. The third kappa shape index (κ3) is 3.72. The summed E-state index contributed by atoms with van der Waals surface area (Å²) in [5.74, 6) is 0.0286. The maximum Gasteiger partial charge on any atom is 0.238 e. The van der Waals surface area contributed by atoms with E-state index in [1.807, 2.05) is 43.3 Å². The number of amides is 1. The third-order valence-electron chi connectivity index (χ3n) is 2.13. The molecule has 0 bridgehead atoms. The van der Waals surface area contributed by atoms with E-state index in [9.17, 15) is 4.79 Å². The Balaban J connectivity index is 2.67. The number of carbonyl (C=O) groups excluding carboxylic acids is 1. The third-order valence-corrected chi connectivity index (χ3v) is 2.13. The molecule has 0 aliphatic rings. The first kappa shape index (κ1) is 11.7. The quantitative estimate of drug-likeness (QED) is 0.814. The summed E-state index contributed by atoms with van der Waals surface area (Å²) in [5, 5.41) is 2.91. The second kappa shape index (κ2) is 5.51. The number of hydrogen-bond acceptors (Lipinski definition) is 2. The molecule has 82 valence electrons. The van der Waals surface area contributed by atoms with Crippen LogP contribution in [0.1, 0.15) is 12.5 Å². The van der Waals surface area contributed by atoms with Crippen molar-refractivity contribution >= 4 is 11.6 Å². The molecule has 1 N–H and O–H groups in total. The number of benzene rings is 1. The number of anilines is 1. The Morgan fingerprint density at radius 3 is 2.60 bits per heavy atom. The molecule has 0 saturated heterocycles. The van der Waals surface area contributed by atoms with Crippen LogP contribution in [0.3, 0.4) is 0 Å². The van der Waals surface area contributed by atoms with E-state index < -0.39 is 0 Å². The van der Waals surface area contributed by atoms with Gasteiger partial charge in [-0.15, -0.1) is 0 Å². The highest BCUT2D eigenvalue weighted by Gasteiger charge is 2.05. The Hall–Kier alpha value is -1.35. The number of likely N-dealkylation sites (N-methyl/N-ethyl adjacent to an activating group) is 1. The molecule has 1 amide bonds. The fourth-order valence-corrected chi connectivity index (χ4v) is 1.43. The highest BCUT2D eigenvalue weighted by atomic mass is 16.2. The van der Waals surface area contributed by atoms with Crippen LogP contribution in [-0.4, -0.2) is 31.4 Å². The van der Waals surface area contributed by atoms with Crippen molar-refractivity contribution in [1.82, 2.24) is 4.90 Å². The van der Waals surface area contributed by atoms with Crippen molar-refractivity contribution in [2.75, 3.05) is 26.0 Å². The first-order chi connectivity index (χ1) is 7.13. The minimum Gasteiger partial charge on any atom is -0.325 e. The molecule has 3 heteroatoms. The minimum atomic E-state index is 0.0286. The number of aryl methyl sites for hydroxylation is 1. The molecular formula is C12H18N2O. The molecule has 0 saturated carbocycles. The van der Waals surface area contributed by atoms with Gasteiger partial charge in [-0.1, -0.05) is 25.1 Å². The van der Waals surface area contributed by atoms with E-state index in [-0.39, 0.29) is 5.91 Å². The van der Waals surface area contributed by atoms with Crippen LogP contribution in [0.4, 0.5) is 5.69 Å². The van der Waals surface area contributed by atoms with Crippen molar-refractivity contribution in [3.8, 4) is 0 Å². The zero-order valence-electron chi connectivity index (χ0n) is 9.58. The molecule has 0 aliphatic heterocycles. The summed E-state index contributed by atoms with van der Waals surface area (Å²) in [5.41, 5.74) is 2.09. The lowest BCUT2D eigenvalue weighted by atomic mass is 10.1. The molecule has 0 heterocycles. The number of hydrogen-bond donors (Lipinski definition) is 1. The maximum atomic E-state index is 11.5. The van der Waals surface area contributed by atoms with Crippen molar-refractivity contribution in [2.45, 2.75) is 13.3 Å². The van der Waals surface area contributed by atoms with E-state index in [1.54, 1.807) is 0 Å². The number of nitrogens with one attached hydrogen (secondary N) is 1. The second-order valence-electron chi connectivity index (χ2n) is 3.80. The number of rotatable bonds is 4. The van der Waals surface area contributed by atoms with Crippen LogP contribution < -0.4 is 5.32 Å². The van der Waals surface area contributed by atoms with E-state index in [0.29, 0.717) is 6.54 Å². The fraction of sp³-hybridized carbons (Fsp3) is 0.417. The topological polar surface area (TPSA) is 32.3 Å². The van der Waals surface area contributed by atoms with Gasteiger partial charge < -0.3 is 10.2 Å². The molecule has 0 unspecified atom stereocenters. The van der Waals surface area contributed by atoms with Crippen LogP contribution in [0.25, 0.3) is 0 Å². The van der Waals surface area contributed by atoms with E-state index in [4.69, 9.17) is 0 Å². The summed E-state index contributed by atoms with van der Waals surface area (Å²) in [4.78, 5) is 13.4. The molecule has 0 radical (unpaired) electrons. The highest BCUT2D eigenvalue weighted by molar-refractivity contribution is 5.92. The lowest BCUT2D eigenvalue weighted by molar-refractivity contribution is -0.116. The van der Waals surface area contributed by atoms with E-state index >= 15 is 0 Å². The van der Waals surface area contributed by atoms with Gasteiger partial charge in [-0.25, -0.2) is 0 Å². The summed E-state index contributed by atoms with van der Waals surface area (Å²) >= 11 is 0. The van der Waals surface area contributed by atoms with Gasteiger partial charge in [0.05, 0.1) is 6.54 Å². The predicted octanol–water partition coefficient (Wildman–Crippen LogP) is 1.75. The van der Waals surface area contributed by atoms with Gasteiger partial charge >= 0.3 is 0 Å². The zero-order chi connectivity index (χ0) is 11.3. The lowest BCUT2D eigenvalue weighted by Crippen LogP contribution is -2.27. The van der Waals surface area contributed by atoms with Crippen molar-refractivity contribution in [1.29, 1.82) is 0 Å². The van der Waals surface area contributed by atoms with E-state index in [0.717, 1.165) is 12.1 Å². The van der Waals surface area contributed by atoms with Crippen LogP contribution in [0, 0.1) is 0 Å². The Kier molecular flexibility index (Phi) is 4.31. The largest absolute Gasteiger partial charge is 0.325 e. The summed E-state index contributed by atoms with van der Waals surface area (Å²) < 4.78 is 0. The summed E-state index contributed by atoms with van der Waals surface area (Å²) in [6, 6.07) is 7.89. The van der Waals surface area contributed by atoms with Crippen molar-refractivity contribution < 1.29 is 4.79 Å². The standard InChI is InChI=1S/C12H18N2O/c1-4-10-7-5-6-8-11(10)13-12(15)9-14(2)3/h5-8H,4,9H2,1-3H3,(H,13,15). The molecule has 1 aromatic rings. The molecule has 3 nitrogen and oxygen atoms in total. The van der Waals surface area contributed by atoms with Crippen LogP contribution in [0.2, 0.25) is 0 Å². The van der Waals surface area contributed by atoms with Crippen molar-refractivity contribution in [3.05, 3.63) is 29.8 Å². The summed E-state index contributed by atoms with van der Waals surface area (Å²) in [7, 11) is 3.76. The Bertz CT molecular complexity index is 334. The number of carbonyl (C=O) groups is 1. The predicted molar refractivity (Wildman–Crippen MR) is 63.0 cm³/mol. The minimum absolute atomic E-state index is 0.0286. The Morgan fingerprint density at radius 2 is 2.00 bits per heavy atom. The van der Waals surface area contributed by atoms with Gasteiger partial charge in [-0.3, -0.25) is 4.79 Å². The Labute approximate surface area is 91.1 Å². The summed E-state index contributed by atoms with van der Waals surface area (Å²) in [6.45, 7) is 2.50. The van der Waals surface area contributed by atoms with Gasteiger partial charge in [0.25, 0.3) is 0 Å². The monoisotopic (exact) mass is 206 g/mol. The lowest BCUT2D eigenvalue weighted by Gasteiger charge is -2.12. The van der Waals surface area contributed by atoms with Crippen LogP contribution in [-0.2, 0) is 11.2 Å². The normalized spacial score (nSPS) is 10.4. The molecule has 0 spiro atoms. The van der Waals surface area contributed by atoms with Gasteiger partial charge in [-0.05, 0) is 32.1 Å². The zero-order valence-corrected chi connectivity index (χ0v) is 9.58. The van der Waals surface area contributed by atoms with Gasteiger partial charge in [-0.2, -0.15) is 0 Å². The molecule has 0 aromatic heterocycles. The highest BCUT2D eigenvalue weighted by Crippen LogP contribution is 2.14. The second-order valence-corrected chi connectivity index (χ2v) is 3.80. The van der Waals surface area contributed by atoms with E-state index in [2.05, 4.69) is 12.2 Å². The molecule has 0 fully saturated rings. The molecule has 15 heavy (non-hydrogen) atoms. The number of para-hydroxylation sites is 1. The average Bonchev–Trinajstić information content (AvgIpc) is 2.17. The van der Waals surface area contributed by atoms with Gasteiger partial charge in [0.15, 0.2) is 0 Å². The van der Waals surface area contributed by atoms with Gasteiger partial charge in [0, 0.05) is 5.69 Å². The average molecular weight is 206 g/mol. The van der Waals surface area contributed by atoms with E-state index in [1.165, 1.54) is 5.56 Å². The van der Waals surface area contributed by atoms with Crippen LogP contribution in [0.15, 0.2) is 24.3 Å². The van der Waals surface area contributed by atoms with Crippen LogP contribution >= 0.6 is 0 Å². The molecule has 0 aliphatic carbocycles. The first-order valence-corrected chi connectivity index (χ1v) is 5.16. The van der Waals surface area contributed by atoms with Gasteiger partial charge in [0.1, 0.15) is 0 Å². The molecular weight excluding hydrogens is 188 g/mol. The molecule has 1 rings (SSSR count). The number of nitrogens with zero attached hydrogens (tertiary/aromatic N) is 1. The van der Waals surface area contributed by atoms with Crippen molar-refractivity contribution in [3.63, 3.8) is 0 Å². The molecule has 0 atom stereocenters. The van der Waals surface area contributed by atoms with Gasteiger partial charge in [0.2, 0.25) is 5.91 Å². The smallest absolute Gasteiger partial charge is 0.238 e. The Morgan fingerprint density at radius 1 is 1.33 bits per heavy atom.